The van der Waals surface area contributed by atoms with Gasteiger partial charge < -0.3 is 5.73 Å². The van der Waals surface area contributed by atoms with E-state index in [0.29, 0.717) is 5.75 Å². The smallest absolute Gasteiger partial charge is 0.0574 e. The van der Waals surface area contributed by atoms with Crippen LogP contribution >= 0.6 is 0 Å². The first kappa shape index (κ1) is 11.8. The summed E-state index contributed by atoms with van der Waals surface area (Å²) < 4.78 is 12.1. The quantitative estimate of drug-likeness (QED) is 0.845. The minimum Gasteiger partial charge on any atom is -0.399 e. The fraction of sp³-hybridized carbons (Fsp3) is 0.154. The Kier molecular flexibility index (Phi) is 3.54. The zero-order valence-electron chi connectivity index (χ0n) is 9.59. The summed E-state index contributed by atoms with van der Waals surface area (Å²) in [7, 11) is -1.05. The van der Waals surface area contributed by atoms with Gasteiger partial charge in [-0.1, -0.05) is 6.07 Å². The molecule has 0 spiro atoms. The largest absolute Gasteiger partial charge is 0.399 e. The van der Waals surface area contributed by atoms with Crippen LogP contribution in [0.15, 0.2) is 47.6 Å². The van der Waals surface area contributed by atoms with Crippen molar-refractivity contribution in [3.8, 4) is 0 Å². The Bertz CT molecular complexity index is 540. The maximum absolute atomic E-state index is 12.1. The van der Waals surface area contributed by atoms with Crippen molar-refractivity contribution < 1.29 is 4.21 Å². The highest BCUT2D eigenvalue weighted by Crippen LogP contribution is 2.17. The monoisotopic (exact) mass is 246 g/mol. The molecule has 1 atom stereocenters. The molecule has 88 valence electrons. The number of nitrogen functional groups attached to an aromatic ring is 1. The van der Waals surface area contributed by atoms with Crippen LogP contribution in [0, 0.1) is 6.92 Å². The summed E-state index contributed by atoms with van der Waals surface area (Å²) in [4.78, 5) is 4.81. The molecule has 0 amide bonds. The second-order valence-electron chi connectivity index (χ2n) is 3.87. The van der Waals surface area contributed by atoms with Crippen molar-refractivity contribution >= 4 is 16.5 Å². The molecule has 0 bridgehead atoms. The number of pyridine rings is 1. The number of anilines is 1. The molecule has 4 heteroatoms. The Labute approximate surface area is 103 Å². The van der Waals surface area contributed by atoms with Crippen LogP contribution in [0.25, 0.3) is 0 Å². The minimum absolute atomic E-state index is 0.483. The zero-order chi connectivity index (χ0) is 12.3. The zero-order valence-corrected chi connectivity index (χ0v) is 10.4. The Balaban J connectivity index is 2.18. The Morgan fingerprint density at radius 2 is 2.18 bits per heavy atom. The number of aromatic nitrogens is 1. The molecular formula is C13H14N2OS. The summed E-state index contributed by atoms with van der Waals surface area (Å²) >= 11 is 0. The molecule has 17 heavy (non-hydrogen) atoms. The van der Waals surface area contributed by atoms with Gasteiger partial charge in [-0.15, -0.1) is 0 Å². The first-order chi connectivity index (χ1) is 8.16. The van der Waals surface area contributed by atoms with E-state index in [9.17, 15) is 4.21 Å². The lowest BCUT2D eigenvalue weighted by Gasteiger charge is -2.05. The van der Waals surface area contributed by atoms with Crippen LogP contribution in [0.4, 0.5) is 5.69 Å². The predicted molar refractivity (Wildman–Crippen MR) is 69.9 cm³/mol. The van der Waals surface area contributed by atoms with Gasteiger partial charge in [0.15, 0.2) is 0 Å². The maximum Gasteiger partial charge on any atom is 0.0574 e. The second-order valence-corrected chi connectivity index (χ2v) is 5.32. The highest BCUT2D eigenvalue weighted by Gasteiger charge is 2.06. The molecule has 0 saturated heterocycles. The third-order valence-electron chi connectivity index (χ3n) is 2.52. The van der Waals surface area contributed by atoms with Gasteiger partial charge in [-0.05, 0) is 42.3 Å². The minimum atomic E-state index is -1.05. The topological polar surface area (TPSA) is 56.0 Å². The number of hydrogen-bond donors (Lipinski definition) is 1. The summed E-state index contributed by atoms with van der Waals surface area (Å²) in [5.74, 6) is 0.483. The molecule has 0 aliphatic carbocycles. The van der Waals surface area contributed by atoms with Gasteiger partial charge in [0.05, 0.1) is 16.6 Å². The normalized spacial score (nSPS) is 12.3. The van der Waals surface area contributed by atoms with Crippen molar-refractivity contribution in [3.05, 3.63) is 53.9 Å². The molecule has 3 nitrogen and oxygen atoms in total. The van der Waals surface area contributed by atoms with Crippen molar-refractivity contribution in [2.24, 2.45) is 0 Å². The van der Waals surface area contributed by atoms with E-state index in [0.717, 1.165) is 21.7 Å². The summed E-state index contributed by atoms with van der Waals surface area (Å²) in [5, 5.41) is 0. The summed E-state index contributed by atoms with van der Waals surface area (Å²) in [5.41, 5.74) is 8.39. The summed E-state index contributed by atoms with van der Waals surface area (Å²) in [6, 6.07) is 9.26. The molecule has 1 aromatic heterocycles. The molecule has 1 heterocycles. The molecule has 2 aromatic rings. The molecule has 2 N–H and O–H groups in total. The Hall–Kier alpha value is -1.68. The number of aryl methyl sites for hydroxylation is 1. The van der Waals surface area contributed by atoms with Gasteiger partial charge in [-0.2, -0.15) is 0 Å². The maximum atomic E-state index is 12.1. The van der Waals surface area contributed by atoms with Gasteiger partial charge >= 0.3 is 0 Å². The van der Waals surface area contributed by atoms with Crippen LogP contribution in [0.2, 0.25) is 0 Å². The lowest BCUT2D eigenvalue weighted by molar-refractivity contribution is 0.682. The number of hydrogen-bond acceptors (Lipinski definition) is 3. The molecule has 0 fully saturated rings. The van der Waals surface area contributed by atoms with Gasteiger partial charge in [-0.25, -0.2) is 0 Å². The summed E-state index contributed by atoms with van der Waals surface area (Å²) in [6.45, 7) is 1.92. The van der Waals surface area contributed by atoms with Gasteiger partial charge in [0, 0.05) is 23.0 Å². The Morgan fingerprint density at radius 1 is 1.35 bits per heavy atom. The van der Waals surface area contributed by atoms with E-state index in [1.807, 2.05) is 31.2 Å². The summed E-state index contributed by atoms with van der Waals surface area (Å²) in [6.07, 6.45) is 3.45. The van der Waals surface area contributed by atoms with Crippen LogP contribution in [-0.2, 0) is 16.6 Å². The average Bonchev–Trinajstić information content (AvgIpc) is 2.34. The molecule has 2 rings (SSSR count). The molecule has 0 saturated carbocycles. The molecule has 0 aliphatic heterocycles. The van der Waals surface area contributed by atoms with E-state index in [-0.39, 0.29) is 0 Å². The highest BCUT2D eigenvalue weighted by molar-refractivity contribution is 7.84. The van der Waals surface area contributed by atoms with Crippen LogP contribution < -0.4 is 5.73 Å². The lowest BCUT2D eigenvalue weighted by atomic mass is 10.2. The van der Waals surface area contributed by atoms with Crippen LogP contribution in [0.3, 0.4) is 0 Å². The fourth-order valence-corrected chi connectivity index (χ4v) is 2.68. The third-order valence-corrected chi connectivity index (χ3v) is 3.90. The fourth-order valence-electron chi connectivity index (χ4n) is 1.51. The van der Waals surface area contributed by atoms with E-state index in [1.54, 1.807) is 18.5 Å². The standard InChI is InChI=1S/C13H14N2OS/c1-10-7-12(4-5-13(10)14)17(16)9-11-3-2-6-15-8-11/h2-8H,9,14H2,1H3. The van der Waals surface area contributed by atoms with Crippen molar-refractivity contribution in [3.63, 3.8) is 0 Å². The van der Waals surface area contributed by atoms with Crippen molar-refractivity contribution in [2.45, 2.75) is 17.6 Å². The van der Waals surface area contributed by atoms with Crippen LogP contribution in [0.5, 0.6) is 0 Å². The lowest BCUT2D eigenvalue weighted by Crippen LogP contribution is -1.98. The van der Waals surface area contributed by atoms with Crippen molar-refractivity contribution in [1.29, 1.82) is 0 Å². The Morgan fingerprint density at radius 3 is 2.82 bits per heavy atom. The van der Waals surface area contributed by atoms with Crippen LogP contribution in [-0.4, -0.2) is 9.19 Å². The SMILES string of the molecule is Cc1cc(S(=O)Cc2cccnc2)ccc1N. The van der Waals surface area contributed by atoms with E-state index < -0.39 is 10.8 Å². The molecule has 0 radical (unpaired) electrons. The van der Waals surface area contributed by atoms with Gasteiger partial charge in [0.1, 0.15) is 0 Å². The highest BCUT2D eigenvalue weighted by atomic mass is 32.2. The molecule has 0 aliphatic rings. The van der Waals surface area contributed by atoms with Gasteiger partial charge in [0.25, 0.3) is 0 Å². The first-order valence-corrected chi connectivity index (χ1v) is 6.62. The van der Waals surface area contributed by atoms with E-state index in [1.165, 1.54) is 0 Å². The van der Waals surface area contributed by atoms with Crippen LogP contribution in [0.1, 0.15) is 11.1 Å². The number of benzene rings is 1. The average molecular weight is 246 g/mol. The molecule has 1 unspecified atom stereocenters. The first-order valence-electron chi connectivity index (χ1n) is 5.30. The number of nitrogens with two attached hydrogens (primary N) is 1. The van der Waals surface area contributed by atoms with E-state index in [2.05, 4.69) is 4.98 Å². The number of nitrogens with zero attached hydrogens (tertiary/aromatic N) is 1. The van der Waals surface area contributed by atoms with E-state index in [4.69, 9.17) is 5.73 Å². The van der Waals surface area contributed by atoms with Crippen molar-refractivity contribution in [2.75, 3.05) is 5.73 Å². The predicted octanol–water partition coefficient (Wildman–Crippen LogP) is 2.28. The van der Waals surface area contributed by atoms with Gasteiger partial charge in [-0.3, -0.25) is 9.19 Å². The number of rotatable bonds is 3. The van der Waals surface area contributed by atoms with Crippen molar-refractivity contribution in [1.82, 2.24) is 4.98 Å². The third kappa shape index (κ3) is 2.91. The molecule has 1 aromatic carbocycles. The second kappa shape index (κ2) is 5.10. The van der Waals surface area contributed by atoms with E-state index >= 15 is 0 Å². The van der Waals surface area contributed by atoms with Gasteiger partial charge in [0.2, 0.25) is 0 Å². The molecular weight excluding hydrogens is 232 g/mol.